The molecule has 5 N–H and O–H groups in total. The minimum atomic E-state index is -2.69. The van der Waals surface area contributed by atoms with Crippen LogP contribution in [-0.4, -0.2) is 70.5 Å². The second-order valence-electron chi connectivity index (χ2n) is 10.8. The molecule has 1 aliphatic rings. The van der Waals surface area contributed by atoms with Crippen LogP contribution in [0.15, 0.2) is 36.8 Å². The minimum absolute atomic E-state index is 0.0598. The Labute approximate surface area is 249 Å². The Bertz CT molecular complexity index is 1580. The van der Waals surface area contributed by atoms with Crippen molar-refractivity contribution < 1.29 is 33.2 Å². The zero-order valence-corrected chi connectivity index (χ0v) is 24.8. The molecule has 0 unspecified atom stereocenters. The largest absolute Gasteiger partial charge is 0.444 e. The van der Waals surface area contributed by atoms with Crippen LogP contribution < -0.4 is 10.5 Å². The average molecular weight is 623 g/mol. The average Bonchev–Trinajstić information content (AvgIpc) is 3.59. The molecule has 1 saturated heterocycles. The summed E-state index contributed by atoms with van der Waals surface area (Å²) in [6.07, 6.45) is 6.51. The number of nitrogens with one attached hydrogen (secondary N) is 1. The van der Waals surface area contributed by atoms with Gasteiger partial charge in [0.2, 0.25) is 0 Å². The number of halogens is 3. The first-order chi connectivity index (χ1) is 20.4. The number of piperidine rings is 1. The van der Waals surface area contributed by atoms with Crippen LogP contribution in [0.5, 0.6) is 0 Å². The van der Waals surface area contributed by atoms with E-state index in [-0.39, 0.29) is 35.6 Å². The number of amides is 1. The van der Waals surface area contributed by atoms with Crippen molar-refractivity contribution in [2.24, 2.45) is 7.05 Å². The van der Waals surface area contributed by atoms with Crippen molar-refractivity contribution in [2.45, 2.75) is 51.0 Å². The van der Waals surface area contributed by atoms with Gasteiger partial charge in [0, 0.05) is 61.2 Å². The molecule has 0 radical (unpaired) electrons. The molecule has 5 rings (SSSR count). The number of anilines is 2. The lowest BCUT2D eigenvalue weighted by atomic mass is 10.0. The molecule has 4 heterocycles. The van der Waals surface area contributed by atoms with Crippen LogP contribution in [-0.2, 0) is 11.8 Å². The van der Waals surface area contributed by atoms with Gasteiger partial charge < -0.3 is 20.1 Å². The Morgan fingerprint density at radius 2 is 1.88 bits per heavy atom. The zero-order chi connectivity index (χ0) is 31.5. The topological polar surface area (TPSA) is 157 Å². The van der Waals surface area contributed by atoms with Gasteiger partial charge >= 0.3 is 11.9 Å². The number of nitrogen functional groups attached to an aromatic ring is 1. The van der Waals surface area contributed by atoms with Gasteiger partial charge in [0.1, 0.15) is 22.9 Å². The Morgan fingerprint density at radius 3 is 2.51 bits per heavy atom. The standard InChI is InChI=1S/C27H31F3N8O2S.H2O2/c1-27(2,3)40-26(39)37-9-7-17(8-10-37)38-14-16(12-33-38)18-13-32-24(31)21-22(34-36(4)23(18)21)15-5-6-20(19(28)11-15)35-41-25(29)30;1-2/h5-6,11-14,17,25,35H,7-10H2,1-4H3,(H2,31,32);1-2H. The summed E-state index contributed by atoms with van der Waals surface area (Å²) in [6, 6.07) is 4.31. The predicted molar refractivity (Wildman–Crippen MR) is 158 cm³/mol. The fourth-order valence-corrected chi connectivity index (χ4v) is 5.30. The van der Waals surface area contributed by atoms with Crippen LogP contribution in [0.2, 0.25) is 0 Å². The molecule has 1 amide bonds. The summed E-state index contributed by atoms with van der Waals surface area (Å²) in [5.74, 6) is -3.16. The number of pyridine rings is 1. The number of aryl methyl sites for hydroxylation is 1. The molecule has 0 atom stereocenters. The molecule has 16 heteroatoms. The van der Waals surface area contributed by atoms with Crippen molar-refractivity contribution in [3.8, 4) is 22.4 Å². The molecule has 232 valence electrons. The number of alkyl halides is 2. The lowest BCUT2D eigenvalue weighted by Crippen LogP contribution is -2.42. The molecule has 1 aliphatic heterocycles. The summed E-state index contributed by atoms with van der Waals surface area (Å²) in [4.78, 5) is 18.5. The van der Waals surface area contributed by atoms with Crippen molar-refractivity contribution in [3.63, 3.8) is 0 Å². The number of rotatable bonds is 6. The van der Waals surface area contributed by atoms with Crippen molar-refractivity contribution in [3.05, 3.63) is 42.6 Å². The monoisotopic (exact) mass is 622 g/mol. The highest BCUT2D eigenvalue weighted by Crippen LogP contribution is 2.38. The quantitative estimate of drug-likeness (QED) is 0.113. The summed E-state index contributed by atoms with van der Waals surface area (Å²) in [5, 5.41) is 21.8. The number of nitrogens with zero attached hydrogens (tertiary/aromatic N) is 6. The molecule has 12 nitrogen and oxygen atoms in total. The third kappa shape index (κ3) is 7.14. The summed E-state index contributed by atoms with van der Waals surface area (Å²) >= 11 is 0.120. The highest BCUT2D eigenvalue weighted by atomic mass is 32.2. The highest BCUT2D eigenvalue weighted by Gasteiger charge is 2.28. The number of likely N-dealkylation sites (tertiary alicyclic amines) is 1. The Balaban J connectivity index is 0.00000207. The van der Waals surface area contributed by atoms with Gasteiger partial charge in [-0.05, 0) is 45.7 Å². The lowest BCUT2D eigenvalue weighted by Gasteiger charge is -2.33. The number of hydrogen-bond acceptors (Lipinski definition) is 10. The van der Waals surface area contributed by atoms with Crippen LogP contribution in [0.4, 0.5) is 29.5 Å². The number of nitrogens with two attached hydrogens (primary N) is 1. The first-order valence-corrected chi connectivity index (χ1v) is 14.1. The van der Waals surface area contributed by atoms with E-state index in [1.54, 1.807) is 35.1 Å². The maximum Gasteiger partial charge on any atom is 0.410 e. The minimum Gasteiger partial charge on any atom is -0.444 e. The smallest absolute Gasteiger partial charge is 0.410 e. The number of ether oxygens (including phenoxy) is 1. The summed E-state index contributed by atoms with van der Waals surface area (Å²) < 4.78 is 51.1. The zero-order valence-electron chi connectivity index (χ0n) is 24.0. The fourth-order valence-electron chi connectivity index (χ4n) is 4.92. The molecular weight excluding hydrogens is 589 g/mol. The molecule has 0 spiro atoms. The molecule has 4 aromatic rings. The van der Waals surface area contributed by atoms with Gasteiger partial charge in [-0.2, -0.15) is 19.0 Å². The fraction of sp³-hybridized carbons (Fsp3) is 0.407. The molecule has 1 fully saturated rings. The molecule has 3 aromatic heterocycles. The van der Waals surface area contributed by atoms with Crippen LogP contribution in [0.25, 0.3) is 33.3 Å². The van der Waals surface area contributed by atoms with E-state index in [0.29, 0.717) is 35.2 Å². The van der Waals surface area contributed by atoms with Crippen LogP contribution in [0, 0.1) is 5.82 Å². The van der Waals surface area contributed by atoms with Gasteiger partial charge in [0.15, 0.2) is 0 Å². The van der Waals surface area contributed by atoms with Crippen molar-refractivity contribution >= 4 is 40.4 Å². The number of fused-ring (bicyclic) bond motifs is 1. The SMILES string of the molecule is Cn1nc(-c2ccc(NSC(F)F)c(F)c2)c2c(N)ncc(-c3cnn(C4CCN(C(=O)OC(C)(C)C)CC4)c3)c21.OO. The van der Waals surface area contributed by atoms with Crippen LogP contribution >= 0.6 is 11.9 Å². The first kappa shape index (κ1) is 31.9. The molecule has 43 heavy (non-hydrogen) atoms. The van der Waals surface area contributed by atoms with Gasteiger partial charge in [-0.1, -0.05) is 6.07 Å². The van der Waals surface area contributed by atoms with Gasteiger partial charge in [-0.15, -0.1) is 0 Å². The van der Waals surface area contributed by atoms with Crippen LogP contribution in [0.1, 0.15) is 39.7 Å². The molecule has 0 saturated carbocycles. The number of hydrogen-bond donors (Lipinski definition) is 4. The van der Waals surface area contributed by atoms with Crippen molar-refractivity contribution in [1.82, 2.24) is 29.4 Å². The molecule has 0 bridgehead atoms. The van der Waals surface area contributed by atoms with E-state index in [1.165, 1.54) is 12.1 Å². The second kappa shape index (κ2) is 13.1. The maximum atomic E-state index is 14.7. The van der Waals surface area contributed by atoms with Crippen molar-refractivity contribution in [1.29, 1.82) is 0 Å². The Morgan fingerprint density at radius 1 is 1.19 bits per heavy atom. The summed E-state index contributed by atoms with van der Waals surface area (Å²) in [6.45, 7) is 6.68. The predicted octanol–water partition coefficient (Wildman–Crippen LogP) is 6.09. The Kier molecular flexibility index (Phi) is 9.72. The van der Waals surface area contributed by atoms with E-state index >= 15 is 0 Å². The number of carbonyl (C=O) groups excluding carboxylic acids is 1. The number of benzene rings is 1. The number of carbonyl (C=O) groups is 1. The van der Waals surface area contributed by atoms with E-state index in [1.807, 2.05) is 31.6 Å². The normalized spacial score (nSPS) is 14.1. The van der Waals surface area contributed by atoms with Gasteiger partial charge in [0.25, 0.3) is 0 Å². The lowest BCUT2D eigenvalue weighted by molar-refractivity contribution is -0.176. The first-order valence-electron chi connectivity index (χ1n) is 13.2. The van der Waals surface area contributed by atoms with E-state index < -0.39 is 17.2 Å². The molecule has 1 aromatic carbocycles. The van der Waals surface area contributed by atoms with E-state index in [2.05, 4.69) is 19.9 Å². The van der Waals surface area contributed by atoms with E-state index in [9.17, 15) is 18.0 Å². The van der Waals surface area contributed by atoms with Crippen LogP contribution in [0.3, 0.4) is 0 Å². The molecular formula is C27H33F3N8O4S. The summed E-state index contributed by atoms with van der Waals surface area (Å²) in [7, 11) is 1.76. The molecule has 0 aliphatic carbocycles. The van der Waals surface area contributed by atoms with Gasteiger partial charge in [-0.25, -0.2) is 14.2 Å². The second-order valence-corrected chi connectivity index (χ2v) is 11.6. The third-order valence-electron chi connectivity index (χ3n) is 6.79. The van der Waals surface area contributed by atoms with Crippen molar-refractivity contribution in [2.75, 3.05) is 23.5 Å². The number of aromatic nitrogens is 5. The summed E-state index contributed by atoms with van der Waals surface area (Å²) in [5.41, 5.74) is 8.78. The Hall–Kier alpha value is -4.02. The van der Waals surface area contributed by atoms with E-state index in [4.69, 9.17) is 21.0 Å². The third-order valence-corrected chi connectivity index (χ3v) is 7.31. The van der Waals surface area contributed by atoms with Gasteiger partial charge in [0.05, 0.1) is 28.8 Å². The van der Waals surface area contributed by atoms with Gasteiger partial charge in [-0.3, -0.25) is 19.9 Å². The maximum absolute atomic E-state index is 14.7. The highest BCUT2D eigenvalue weighted by molar-refractivity contribution is 8.00. The van der Waals surface area contributed by atoms with E-state index in [0.717, 1.165) is 24.0 Å².